The van der Waals surface area contributed by atoms with Crippen molar-refractivity contribution in [2.75, 3.05) is 13.2 Å². The number of hydrogen-bond acceptors (Lipinski definition) is 11. The minimum absolute atomic E-state index is 0.160. The van der Waals surface area contributed by atoms with E-state index in [1.54, 1.807) is 0 Å². The summed E-state index contributed by atoms with van der Waals surface area (Å²) in [7, 11) is 0. The highest BCUT2D eigenvalue weighted by Crippen LogP contribution is 2.68. The number of aliphatic hydroxyl groups is 7. The Labute approximate surface area is 305 Å². The van der Waals surface area contributed by atoms with E-state index < -0.39 is 74.6 Å². The summed E-state index contributed by atoms with van der Waals surface area (Å²) in [6.07, 6.45) is -1.27. The largest absolute Gasteiger partial charge is 0.394 e. The highest BCUT2D eigenvalue weighted by molar-refractivity contribution is 5.10. The number of hydrogen-bond donors (Lipinski definition) is 7. The first-order valence-electron chi connectivity index (χ1n) is 20.4. The Bertz CT molecular complexity index is 1140. The van der Waals surface area contributed by atoms with Crippen LogP contribution in [-0.2, 0) is 18.9 Å². The molecule has 6 aliphatic rings. The molecule has 0 aromatic rings. The molecule has 0 aromatic carbocycles. The van der Waals surface area contributed by atoms with Crippen LogP contribution in [0.3, 0.4) is 0 Å². The lowest BCUT2D eigenvalue weighted by atomic mass is 9.44. The standard InChI is InChI=1S/C40H70O11/c1-20(2)21(3)7-8-22(4)26-11-12-27-25-10-9-23-17-24(13-15-39(23,5)28(25)14-16-40(26,27)6)48-37-35(47)33(45)36(30(19-42)50-37)51-38-34(46)32(44)31(43)29(18-41)49-38/h20-38,41-47H,7-19H2,1-6H3/t21-,22-,23+,24+,25+,26-,27+,28+,29-,30-,31+,32+,33-,34-,35-,36-,37-,38+,39+,40-/m1/s1. The molecule has 4 saturated carbocycles. The molecule has 11 heteroatoms. The topological polar surface area (TPSA) is 179 Å². The van der Waals surface area contributed by atoms with Gasteiger partial charge in [-0.05, 0) is 116 Å². The van der Waals surface area contributed by atoms with E-state index in [0.29, 0.717) is 11.3 Å². The minimum Gasteiger partial charge on any atom is -0.394 e. The second-order valence-electron chi connectivity index (χ2n) is 18.7. The normalized spacial score (nSPS) is 51.4. The fraction of sp³-hybridized carbons (Fsp3) is 1.00. The molecule has 7 N–H and O–H groups in total. The second-order valence-corrected chi connectivity index (χ2v) is 18.7. The van der Waals surface area contributed by atoms with Crippen LogP contribution in [0.4, 0.5) is 0 Å². The molecular formula is C40H70O11. The maximum absolute atomic E-state index is 11.1. The summed E-state index contributed by atoms with van der Waals surface area (Å²) in [6, 6.07) is 0. The summed E-state index contributed by atoms with van der Waals surface area (Å²) in [5, 5.41) is 72.7. The highest BCUT2D eigenvalue weighted by atomic mass is 16.7. The molecule has 2 saturated heterocycles. The molecular weight excluding hydrogens is 656 g/mol. The zero-order chi connectivity index (χ0) is 37.0. The second kappa shape index (κ2) is 16.0. The molecule has 2 aliphatic heterocycles. The predicted octanol–water partition coefficient (Wildman–Crippen LogP) is 3.36. The van der Waals surface area contributed by atoms with Gasteiger partial charge in [0.2, 0.25) is 0 Å². The summed E-state index contributed by atoms with van der Waals surface area (Å²) in [4.78, 5) is 0. The van der Waals surface area contributed by atoms with E-state index in [1.807, 2.05) is 0 Å². The lowest BCUT2D eigenvalue weighted by Gasteiger charge is -2.61. The maximum Gasteiger partial charge on any atom is 0.187 e. The van der Waals surface area contributed by atoms with Crippen LogP contribution in [0.15, 0.2) is 0 Å². The van der Waals surface area contributed by atoms with Crippen molar-refractivity contribution >= 4 is 0 Å². The van der Waals surface area contributed by atoms with Gasteiger partial charge in [0.25, 0.3) is 0 Å². The lowest BCUT2D eigenvalue weighted by molar-refractivity contribution is -0.364. The Morgan fingerprint density at radius 2 is 1.27 bits per heavy atom. The van der Waals surface area contributed by atoms with E-state index in [-0.39, 0.29) is 11.5 Å². The van der Waals surface area contributed by atoms with Crippen LogP contribution in [0.25, 0.3) is 0 Å². The molecule has 0 spiro atoms. The van der Waals surface area contributed by atoms with Crippen LogP contribution in [-0.4, -0.2) is 116 Å². The molecule has 0 amide bonds. The number of ether oxygens (including phenoxy) is 4. The summed E-state index contributed by atoms with van der Waals surface area (Å²) in [5.41, 5.74) is 0.706. The molecule has 0 bridgehead atoms. The molecule has 0 radical (unpaired) electrons. The van der Waals surface area contributed by atoms with Gasteiger partial charge in [0.05, 0.1) is 19.3 Å². The van der Waals surface area contributed by atoms with Gasteiger partial charge in [0.15, 0.2) is 12.6 Å². The molecule has 4 aliphatic carbocycles. The Balaban J connectivity index is 1.05. The van der Waals surface area contributed by atoms with Crippen LogP contribution in [0.2, 0.25) is 0 Å². The van der Waals surface area contributed by atoms with Crippen LogP contribution in [0.1, 0.15) is 112 Å². The Morgan fingerprint density at radius 1 is 0.647 bits per heavy atom. The van der Waals surface area contributed by atoms with Gasteiger partial charge in [-0.2, -0.15) is 0 Å². The number of fused-ring (bicyclic) bond motifs is 5. The van der Waals surface area contributed by atoms with Gasteiger partial charge in [-0.25, -0.2) is 0 Å². The first-order chi connectivity index (χ1) is 24.1. The third kappa shape index (κ3) is 7.46. The van der Waals surface area contributed by atoms with Crippen molar-refractivity contribution in [2.24, 2.45) is 58.2 Å². The third-order valence-electron chi connectivity index (χ3n) is 15.9. The van der Waals surface area contributed by atoms with Gasteiger partial charge >= 0.3 is 0 Å². The van der Waals surface area contributed by atoms with Crippen LogP contribution in [0, 0.1) is 58.2 Å². The molecule has 6 rings (SSSR count). The quantitative estimate of drug-likeness (QED) is 0.155. The Morgan fingerprint density at radius 3 is 1.96 bits per heavy atom. The average molecular weight is 727 g/mol. The summed E-state index contributed by atoms with van der Waals surface area (Å²) in [6.45, 7) is 13.6. The maximum atomic E-state index is 11.1. The highest BCUT2D eigenvalue weighted by Gasteiger charge is 2.61. The molecule has 51 heavy (non-hydrogen) atoms. The van der Waals surface area contributed by atoms with Crippen molar-refractivity contribution in [1.82, 2.24) is 0 Å². The monoisotopic (exact) mass is 726 g/mol. The molecule has 20 atom stereocenters. The Hall–Kier alpha value is -0.440. The van der Waals surface area contributed by atoms with Crippen molar-refractivity contribution in [2.45, 2.75) is 180 Å². The summed E-state index contributed by atoms with van der Waals surface area (Å²) < 4.78 is 23.5. The third-order valence-corrected chi connectivity index (χ3v) is 15.9. The van der Waals surface area contributed by atoms with Crippen LogP contribution < -0.4 is 0 Å². The van der Waals surface area contributed by atoms with Crippen molar-refractivity contribution < 1.29 is 54.7 Å². The first kappa shape index (κ1) is 40.2. The predicted molar refractivity (Wildman–Crippen MR) is 189 cm³/mol. The summed E-state index contributed by atoms with van der Waals surface area (Å²) in [5.74, 6) is 6.00. The SMILES string of the molecule is CC(C)[C@H](C)CC[C@@H](C)[C@H]1CC[C@H]2[C@@H]3CC[C@H]4C[C@@H](O[C@@H]5O[C@H](CO)[C@@H](O[C@@H]6O[C@H](CO)[C@H](O)[C@H](O)[C@H]6O)[C@H](O)[C@H]5O)CC[C@]4(C)[C@H]3CC[C@]12C. The van der Waals surface area contributed by atoms with Crippen LogP contribution >= 0.6 is 0 Å². The molecule has 11 nitrogen and oxygen atoms in total. The van der Waals surface area contributed by atoms with Gasteiger partial charge in [-0.3, -0.25) is 0 Å². The van der Waals surface area contributed by atoms with Crippen molar-refractivity contribution in [3.05, 3.63) is 0 Å². The molecule has 2 heterocycles. The molecule has 0 aromatic heterocycles. The van der Waals surface area contributed by atoms with E-state index in [4.69, 9.17) is 18.9 Å². The fourth-order valence-electron chi connectivity index (χ4n) is 12.2. The van der Waals surface area contributed by atoms with E-state index >= 15 is 0 Å². The number of rotatable bonds is 11. The first-order valence-corrected chi connectivity index (χ1v) is 20.4. The van der Waals surface area contributed by atoms with Gasteiger partial charge in [-0.15, -0.1) is 0 Å². The minimum atomic E-state index is -1.70. The number of aliphatic hydroxyl groups excluding tert-OH is 7. The average Bonchev–Trinajstić information content (AvgIpc) is 3.47. The van der Waals surface area contributed by atoms with Gasteiger partial charge in [-0.1, -0.05) is 54.4 Å². The zero-order valence-electron chi connectivity index (χ0n) is 31.9. The van der Waals surface area contributed by atoms with Gasteiger partial charge in [0.1, 0.15) is 48.8 Å². The van der Waals surface area contributed by atoms with Crippen molar-refractivity contribution in [3.63, 3.8) is 0 Å². The van der Waals surface area contributed by atoms with Gasteiger partial charge in [0, 0.05) is 0 Å². The van der Waals surface area contributed by atoms with Crippen molar-refractivity contribution in [1.29, 1.82) is 0 Å². The van der Waals surface area contributed by atoms with E-state index in [0.717, 1.165) is 60.7 Å². The lowest BCUT2D eigenvalue weighted by Crippen LogP contribution is -2.65. The van der Waals surface area contributed by atoms with Gasteiger partial charge < -0.3 is 54.7 Å². The molecule has 296 valence electrons. The van der Waals surface area contributed by atoms with E-state index in [1.165, 1.54) is 51.4 Å². The molecule has 6 fully saturated rings. The summed E-state index contributed by atoms with van der Waals surface area (Å²) >= 11 is 0. The smallest absolute Gasteiger partial charge is 0.187 e. The molecule has 0 unspecified atom stereocenters. The fourth-order valence-corrected chi connectivity index (χ4v) is 12.2. The van der Waals surface area contributed by atoms with E-state index in [9.17, 15) is 35.7 Å². The van der Waals surface area contributed by atoms with E-state index in [2.05, 4.69) is 41.5 Å². The van der Waals surface area contributed by atoms with Crippen molar-refractivity contribution in [3.8, 4) is 0 Å². The zero-order valence-corrected chi connectivity index (χ0v) is 31.9. The van der Waals surface area contributed by atoms with Crippen LogP contribution in [0.5, 0.6) is 0 Å². The Kier molecular flexibility index (Phi) is 12.6.